The van der Waals surface area contributed by atoms with E-state index >= 15 is 0 Å². The van der Waals surface area contributed by atoms with Crippen molar-refractivity contribution in [1.29, 1.82) is 0 Å². The van der Waals surface area contributed by atoms with Gasteiger partial charge in [-0.25, -0.2) is 0 Å². The standard InChI is InChI=1S/C23H22N2O4/c1-14-10-15(2)25-22(16-4-7-18(27-3)8-5-16)19(14)12-24-23(26)17-6-9-20-21(11-17)29-13-28-20/h4-11H,12-13H2,1-3H3,(H,24,26). The number of hydrogen-bond donors (Lipinski definition) is 1. The molecule has 1 amide bonds. The highest BCUT2D eigenvalue weighted by Crippen LogP contribution is 2.32. The van der Waals surface area contributed by atoms with Crippen LogP contribution in [-0.2, 0) is 6.54 Å². The lowest BCUT2D eigenvalue weighted by molar-refractivity contribution is 0.0950. The molecule has 1 aliphatic rings. The lowest BCUT2D eigenvalue weighted by Gasteiger charge is -2.15. The van der Waals surface area contributed by atoms with Crippen molar-refractivity contribution < 1.29 is 19.0 Å². The Balaban J connectivity index is 1.58. The Morgan fingerprint density at radius 1 is 1.07 bits per heavy atom. The van der Waals surface area contributed by atoms with Crippen LogP contribution >= 0.6 is 0 Å². The van der Waals surface area contributed by atoms with E-state index in [1.165, 1.54) is 0 Å². The van der Waals surface area contributed by atoms with Crippen molar-refractivity contribution in [3.63, 3.8) is 0 Å². The molecular weight excluding hydrogens is 368 g/mol. The number of nitrogens with one attached hydrogen (secondary N) is 1. The highest BCUT2D eigenvalue weighted by molar-refractivity contribution is 5.95. The predicted octanol–water partition coefficient (Wildman–Crippen LogP) is 4.03. The summed E-state index contributed by atoms with van der Waals surface area (Å²) in [7, 11) is 1.64. The summed E-state index contributed by atoms with van der Waals surface area (Å²) in [6.45, 7) is 4.55. The maximum absolute atomic E-state index is 12.7. The summed E-state index contributed by atoms with van der Waals surface area (Å²) >= 11 is 0. The average Bonchev–Trinajstić information content (AvgIpc) is 3.20. The largest absolute Gasteiger partial charge is 0.497 e. The second-order valence-corrected chi connectivity index (χ2v) is 6.89. The number of ether oxygens (including phenoxy) is 3. The quantitative estimate of drug-likeness (QED) is 0.712. The van der Waals surface area contributed by atoms with Crippen LogP contribution in [0.25, 0.3) is 11.3 Å². The second-order valence-electron chi connectivity index (χ2n) is 6.89. The molecule has 1 aromatic heterocycles. The molecule has 0 atom stereocenters. The number of hydrogen-bond acceptors (Lipinski definition) is 5. The van der Waals surface area contributed by atoms with Gasteiger partial charge in [-0.1, -0.05) is 0 Å². The third-order valence-corrected chi connectivity index (χ3v) is 4.90. The Labute approximate surface area is 169 Å². The molecule has 0 unspecified atom stereocenters. The number of pyridine rings is 1. The molecule has 3 aromatic rings. The van der Waals surface area contributed by atoms with E-state index in [0.717, 1.165) is 33.8 Å². The number of nitrogens with zero attached hydrogens (tertiary/aromatic N) is 1. The van der Waals surface area contributed by atoms with Crippen molar-refractivity contribution in [2.75, 3.05) is 13.9 Å². The Bertz CT molecular complexity index is 1060. The van der Waals surface area contributed by atoms with Crippen LogP contribution in [0.15, 0.2) is 48.5 Å². The molecule has 0 bridgehead atoms. The highest BCUT2D eigenvalue weighted by atomic mass is 16.7. The molecule has 0 radical (unpaired) electrons. The Morgan fingerprint density at radius 2 is 1.83 bits per heavy atom. The first-order valence-corrected chi connectivity index (χ1v) is 9.34. The SMILES string of the molecule is COc1ccc(-c2nc(C)cc(C)c2CNC(=O)c2ccc3c(c2)OCO3)cc1. The van der Waals surface area contributed by atoms with E-state index in [9.17, 15) is 4.79 Å². The number of carbonyl (C=O) groups is 1. The lowest BCUT2D eigenvalue weighted by atomic mass is 10.0. The van der Waals surface area contributed by atoms with Crippen LogP contribution in [-0.4, -0.2) is 24.8 Å². The van der Waals surface area contributed by atoms with Gasteiger partial charge in [-0.05, 0) is 67.9 Å². The molecule has 1 aliphatic heterocycles. The summed E-state index contributed by atoms with van der Waals surface area (Å²) in [4.78, 5) is 17.4. The van der Waals surface area contributed by atoms with Gasteiger partial charge in [0.05, 0.1) is 12.8 Å². The molecule has 1 N–H and O–H groups in total. The van der Waals surface area contributed by atoms with Gasteiger partial charge in [0.1, 0.15) is 5.75 Å². The predicted molar refractivity (Wildman–Crippen MR) is 109 cm³/mol. The van der Waals surface area contributed by atoms with Crippen molar-refractivity contribution in [2.45, 2.75) is 20.4 Å². The van der Waals surface area contributed by atoms with Crippen molar-refractivity contribution in [1.82, 2.24) is 10.3 Å². The number of fused-ring (bicyclic) bond motifs is 1. The van der Waals surface area contributed by atoms with E-state index < -0.39 is 0 Å². The van der Waals surface area contributed by atoms with Crippen LogP contribution < -0.4 is 19.5 Å². The molecular formula is C23H22N2O4. The zero-order chi connectivity index (χ0) is 20.4. The number of aromatic nitrogens is 1. The first-order valence-electron chi connectivity index (χ1n) is 9.34. The summed E-state index contributed by atoms with van der Waals surface area (Å²) in [5, 5.41) is 3.00. The Kier molecular flexibility index (Phi) is 5.08. The van der Waals surface area contributed by atoms with Crippen molar-refractivity contribution in [2.24, 2.45) is 0 Å². The minimum atomic E-state index is -0.177. The fourth-order valence-corrected chi connectivity index (χ4v) is 3.38. The van der Waals surface area contributed by atoms with Crippen LogP contribution in [0.2, 0.25) is 0 Å². The van der Waals surface area contributed by atoms with Gasteiger partial charge >= 0.3 is 0 Å². The number of aryl methyl sites for hydroxylation is 2. The van der Waals surface area contributed by atoms with Gasteiger partial charge in [-0.2, -0.15) is 0 Å². The van der Waals surface area contributed by atoms with Gasteiger partial charge in [0.25, 0.3) is 5.91 Å². The van der Waals surface area contributed by atoms with E-state index in [2.05, 4.69) is 5.32 Å². The van der Waals surface area contributed by atoms with E-state index in [1.54, 1.807) is 25.3 Å². The van der Waals surface area contributed by atoms with Crippen LogP contribution in [0.1, 0.15) is 27.2 Å². The van der Waals surface area contributed by atoms with Gasteiger partial charge in [-0.3, -0.25) is 9.78 Å². The first-order chi connectivity index (χ1) is 14.0. The molecule has 2 heterocycles. The van der Waals surface area contributed by atoms with Gasteiger partial charge in [0.15, 0.2) is 11.5 Å². The smallest absolute Gasteiger partial charge is 0.251 e. The summed E-state index contributed by atoms with van der Waals surface area (Å²) in [5.74, 6) is 1.85. The van der Waals surface area contributed by atoms with E-state index in [0.29, 0.717) is 23.6 Å². The molecule has 0 spiro atoms. The number of rotatable bonds is 5. The molecule has 6 nitrogen and oxygen atoms in total. The van der Waals surface area contributed by atoms with E-state index in [4.69, 9.17) is 19.2 Å². The van der Waals surface area contributed by atoms with Crippen LogP contribution in [0.5, 0.6) is 17.2 Å². The molecule has 29 heavy (non-hydrogen) atoms. The third kappa shape index (κ3) is 3.87. The number of carbonyl (C=O) groups excluding carboxylic acids is 1. The fourth-order valence-electron chi connectivity index (χ4n) is 3.38. The number of methoxy groups -OCH3 is 1. The summed E-state index contributed by atoms with van der Waals surface area (Å²) < 4.78 is 15.9. The fraction of sp³-hybridized carbons (Fsp3) is 0.217. The third-order valence-electron chi connectivity index (χ3n) is 4.90. The summed E-state index contributed by atoms with van der Waals surface area (Å²) in [6, 6.07) is 15.0. The number of benzene rings is 2. The van der Waals surface area contributed by atoms with Gasteiger partial charge in [0, 0.05) is 28.9 Å². The van der Waals surface area contributed by atoms with Crippen molar-refractivity contribution in [3.05, 3.63) is 70.9 Å². The van der Waals surface area contributed by atoms with Crippen LogP contribution in [0.3, 0.4) is 0 Å². The molecule has 148 valence electrons. The maximum atomic E-state index is 12.7. The molecule has 0 saturated heterocycles. The molecule has 6 heteroatoms. The number of amides is 1. The minimum Gasteiger partial charge on any atom is -0.497 e. The van der Waals surface area contributed by atoms with Crippen LogP contribution in [0, 0.1) is 13.8 Å². The topological polar surface area (TPSA) is 69.7 Å². The summed E-state index contributed by atoms with van der Waals surface area (Å²) in [6.07, 6.45) is 0. The average molecular weight is 390 g/mol. The highest BCUT2D eigenvalue weighted by Gasteiger charge is 2.17. The second kappa shape index (κ2) is 7.83. The lowest BCUT2D eigenvalue weighted by Crippen LogP contribution is -2.24. The first kappa shape index (κ1) is 18.8. The maximum Gasteiger partial charge on any atom is 0.251 e. The minimum absolute atomic E-state index is 0.177. The van der Waals surface area contributed by atoms with Crippen molar-refractivity contribution >= 4 is 5.91 Å². The van der Waals surface area contributed by atoms with Gasteiger partial charge in [0.2, 0.25) is 6.79 Å². The van der Waals surface area contributed by atoms with E-state index in [-0.39, 0.29) is 12.7 Å². The Hall–Kier alpha value is -3.54. The van der Waals surface area contributed by atoms with E-state index in [1.807, 2.05) is 44.2 Å². The van der Waals surface area contributed by atoms with Crippen LogP contribution in [0.4, 0.5) is 0 Å². The monoisotopic (exact) mass is 390 g/mol. The van der Waals surface area contributed by atoms with Crippen molar-refractivity contribution in [3.8, 4) is 28.5 Å². The molecule has 0 aliphatic carbocycles. The molecule has 0 fully saturated rings. The molecule has 0 saturated carbocycles. The Morgan fingerprint density at radius 3 is 2.59 bits per heavy atom. The molecule has 4 rings (SSSR count). The zero-order valence-electron chi connectivity index (χ0n) is 16.6. The van der Waals surface area contributed by atoms with Gasteiger partial charge < -0.3 is 19.5 Å². The van der Waals surface area contributed by atoms with Gasteiger partial charge in [-0.15, -0.1) is 0 Å². The normalized spacial score (nSPS) is 12.0. The zero-order valence-corrected chi connectivity index (χ0v) is 16.6. The summed E-state index contributed by atoms with van der Waals surface area (Å²) in [5.41, 5.74) is 5.35. The molecule has 2 aromatic carbocycles.